The van der Waals surface area contributed by atoms with Crippen LogP contribution in [0.2, 0.25) is 43.8 Å². The average Bonchev–Trinajstić information content (AvgIpc) is 2.19. The first-order valence-electron chi connectivity index (χ1n) is 7.40. The first-order valence-corrected chi connectivity index (χ1v) is 16.0. The Kier molecular flexibility index (Phi) is 7.48. The van der Waals surface area contributed by atoms with Gasteiger partial charge in [0, 0.05) is 14.2 Å². The molecule has 0 saturated carbocycles. The molecule has 1 N–H and O–H groups in total. The van der Waals surface area contributed by atoms with E-state index in [0.717, 1.165) is 12.7 Å². The molecule has 0 aliphatic heterocycles. The Labute approximate surface area is 124 Å². The third kappa shape index (κ3) is 8.24. The lowest BCUT2D eigenvalue weighted by Gasteiger charge is -2.39. The molecule has 0 spiro atoms. The average molecular weight is 318 g/mol. The molecule has 0 bridgehead atoms. The van der Waals surface area contributed by atoms with Gasteiger partial charge in [-0.3, -0.25) is 0 Å². The largest absolute Gasteiger partial charge is 0.453 e. The molecule has 0 aliphatic rings. The zero-order valence-electron chi connectivity index (χ0n) is 14.4. The fraction of sp³-hybridized carbons (Fsp3) is 0.857. The van der Waals surface area contributed by atoms with Gasteiger partial charge in [0.2, 0.25) is 9.04 Å². The first-order chi connectivity index (χ1) is 8.39. The van der Waals surface area contributed by atoms with E-state index >= 15 is 0 Å². The van der Waals surface area contributed by atoms with Crippen LogP contribution in [0.25, 0.3) is 0 Å². The SMILES string of the molecule is C=C[SiH](CNCC[Si](C)(C)C)O[Si](C)(C)C(C)(C)C. The van der Waals surface area contributed by atoms with Gasteiger partial charge in [0.25, 0.3) is 0 Å². The molecule has 0 radical (unpaired) electrons. The highest BCUT2D eigenvalue weighted by atomic mass is 28.4. The van der Waals surface area contributed by atoms with Crippen LogP contribution in [0.3, 0.4) is 0 Å². The summed E-state index contributed by atoms with van der Waals surface area (Å²) in [7, 11) is -3.84. The van der Waals surface area contributed by atoms with E-state index in [0.29, 0.717) is 5.04 Å². The van der Waals surface area contributed by atoms with Crippen molar-refractivity contribution in [3.05, 3.63) is 12.3 Å². The molecule has 0 heterocycles. The van der Waals surface area contributed by atoms with E-state index in [1.54, 1.807) is 0 Å². The zero-order chi connectivity index (χ0) is 15.3. The van der Waals surface area contributed by atoms with E-state index in [1.807, 2.05) is 0 Å². The molecule has 0 aromatic carbocycles. The summed E-state index contributed by atoms with van der Waals surface area (Å²) in [6.45, 7) is 23.9. The van der Waals surface area contributed by atoms with Crippen LogP contribution in [0.4, 0.5) is 0 Å². The standard InChI is InChI=1S/C14H35NOSi3/c1-10-17(13-15-11-12-18(5,6)7)16-19(8,9)14(2,3)4/h10,15,17H,1,11-13H2,2-9H3. The summed E-state index contributed by atoms with van der Waals surface area (Å²) < 4.78 is 6.49. The molecular formula is C14H35NOSi3. The van der Waals surface area contributed by atoms with Crippen molar-refractivity contribution in [2.24, 2.45) is 0 Å². The lowest BCUT2D eigenvalue weighted by atomic mass is 10.2. The summed E-state index contributed by atoms with van der Waals surface area (Å²) in [4.78, 5) is 0. The van der Waals surface area contributed by atoms with Crippen LogP contribution in [0, 0.1) is 0 Å². The Hall–Kier alpha value is 0.311. The third-order valence-electron chi connectivity index (χ3n) is 3.91. The summed E-state index contributed by atoms with van der Waals surface area (Å²) in [5, 5.41) is 3.88. The predicted molar refractivity (Wildman–Crippen MR) is 96.7 cm³/mol. The van der Waals surface area contributed by atoms with Crippen molar-refractivity contribution in [2.45, 2.75) is 64.6 Å². The van der Waals surface area contributed by atoms with E-state index in [2.05, 4.69) is 71.1 Å². The molecular weight excluding hydrogens is 282 g/mol. The lowest BCUT2D eigenvalue weighted by molar-refractivity contribution is 0.501. The Balaban J connectivity index is 4.20. The number of rotatable bonds is 8. The summed E-state index contributed by atoms with van der Waals surface area (Å²) in [6.07, 6.45) is 1.03. The topological polar surface area (TPSA) is 21.3 Å². The van der Waals surface area contributed by atoms with Gasteiger partial charge in [-0.15, -0.1) is 6.58 Å². The quantitative estimate of drug-likeness (QED) is 0.541. The minimum Gasteiger partial charge on any atom is -0.453 e. The van der Waals surface area contributed by atoms with Crippen molar-refractivity contribution in [3.63, 3.8) is 0 Å². The van der Waals surface area contributed by atoms with Crippen LogP contribution in [-0.4, -0.2) is 38.1 Å². The third-order valence-corrected chi connectivity index (χ3v) is 14.1. The highest BCUT2D eigenvalue weighted by molar-refractivity contribution is 6.81. The molecule has 0 amide bonds. The molecule has 2 nitrogen and oxygen atoms in total. The molecule has 19 heavy (non-hydrogen) atoms. The molecule has 1 unspecified atom stereocenters. The molecule has 0 saturated heterocycles. The van der Waals surface area contributed by atoms with Gasteiger partial charge in [0.1, 0.15) is 0 Å². The Morgan fingerprint density at radius 2 is 1.68 bits per heavy atom. The van der Waals surface area contributed by atoms with Gasteiger partial charge in [-0.25, -0.2) is 0 Å². The summed E-state index contributed by atoms with van der Waals surface area (Å²) in [5.74, 6) is 0. The van der Waals surface area contributed by atoms with Gasteiger partial charge in [-0.05, 0) is 30.7 Å². The monoisotopic (exact) mass is 317 g/mol. The zero-order valence-corrected chi connectivity index (χ0v) is 17.5. The molecule has 0 aromatic rings. The predicted octanol–water partition coefficient (Wildman–Crippen LogP) is 3.92. The Morgan fingerprint density at radius 3 is 2.05 bits per heavy atom. The van der Waals surface area contributed by atoms with Crippen LogP contribution in [0.5, 0.6) is 0 Å². The highest BCUT2D eigenvalue weighted by Crippen LogP contribution is 2.36. The maximum Gasteiger partial charge on any atom is 0.201 e. The van der Waals surface area contributed by atoms with E-state index in [9.17, 15) is 0 Å². The van der Waals surface area contributed by atoms with Crippen LogP contribution >= 0.6 is 0 Å². The van der Waals surface area contributed by atoms with Crippen LogP contribution in [0.15, 0.2) is 12.3 Å². The normalized spacial score (nSPS) is 15.4. The second-order valence-corrected chi connectivity index (χ2v) is 21.2. The number of nitrogens with one attached hydrogen (secondary N) is 1. The Morgan fingerprint density at radius 1 is 1.16 bits per heavy atom. The van der Waals surface area contributed by atoms with Crippen LogP contribution in [0.1, 0.15) is 20.8 Å². The molecule has 5 heteroatoms. The minimum atomic E-state index is -1.63. The van der Waals surface area contributed by atoms with E-state index in [-0.39, 0.29) is 0 Å². The van der Waals surface area contributed by atoms with Crippen LogP contribution < -0.4 is 5.32 Å². The van der Waals surface area contributed by atoms with Gasteiger partial charge in [0.05, 0.1) is 0 Å². The summed E-state index contributed by atoms with van der Waals surface area (Å²) >= 11 is 0. The smallest absolute Gasteiger partial charge is 0.201 e. The van der Waals surface area contributed by atoms with Crippen molar-refractivity contribution < 1.29 is 4.12 Å². The maximum atomic E-state index is 6.49. The van der Waals surface area contributed by atoms with Crippen molar-refractivity contribution >= 4 is 25.4 Å². The fourth-order valence-corrected chi connectivity index (χ4v) is 8.18. The summed E-state index contributed by atoms with van der Waals surface area (Å²) in [5.41, 5.74) is 2.09. The minimum absolute atomic E-state index is 0.291. The molecule has 1 atom stereocenters. The van der Waals surface area contributed by atoms with E-state index in [4.69, 9.17) is 4.12 Å². The number of hydrogen-bond acceptors (Lipinski definition) is 2. The van der Waals surface area contributed by atoms with Crippen molar-refractivity contribution in [1.29, 1.82) is 0 Å². The highest BCUT2D eigenvalue weighted by Gasteiger charge is 2.38. The molecule has 0 fully saturated rings. The molecule has 0 aromatic heterocycles. The second-order valence-electron chi connectivity index (χ2n) is 8.17. The van der Waals surface area contributed by atoms with Crippen LogP contribution in [-0.2, 0) is 4.12 Å². The van der Waals surface area contributed by atoms with Gasteiger partial charge in [-0.1, -0.05) is 46.1 Å². The first kappa shape index (κ1) is 19.3. The molecule has 0 rings (SSSR count). The van der Waals surface area contributed by atoms with Crippen molar-refractivity contribution in [3.8, 4) is 0 Å². The maximum absolute atomic E-state index is 6.49. The van der Waals surface area contributed by atoms with Crippen molar-refractivity contribution in [1.82, 2.24) is 5.32 Å². The molecule has 0 aliphatic carbocycles. The molecule has 114 valence electrons. The van der Waals surface area contributed by atoms with Gasteiger partial charge in [0.15, 0.2) is 8.32 Å². The number of hydrogen-bond donors (Lipinski definition) is 1. The van der Waals surface area contributed by atoms with Gasteiger partial charge >= 0.3 is 0 Å². The second kappa shape index (κ2) is 7.36. The summed E-state index contributed by atoms with van der Waals surface area (Å²) in [6, 6.07) is 1.34. The fourth-order valence-electron chi connectivity index (χ4n) is 1.44. The van der Waals surface area contributed by atoms with Gasteiger partial charge in [-0.2, -0.15) is 0 Å². The van der Waals surface area contributed by atoms with Crippen molar-refractivity contribution in [2.75, 3.05) is 12.7 Å². The lowest BCUT2D eigenvalue weighted by Crippen LogP contribution is -2.48. The van der Waals surface area contributed by atoms with E-state index in [1.165, 1.54) is 6.04 Å². The van der Waals surface area contributed by atoms with E-state index < -0.39 is 25.4 Å². The Bertz CT molecular complexity index is 279. The van der Waals surface area contributed by atoms with Gasteiger partial charge < -0.3 is 9.43 Å².